The number of hydrogen-bond acceptors (Lipinski definition) is 6. The molecule has 1 aromatic heterocycles. The largest absolute Gasteiger partial charge is 0.496 e. The monoisotopic (exact) mass is 471 g/mol. The molecule has 1 aliphatic rings. The molecular formula is C28H33N5O2. The molecule has 0 amide bonds. The van der Waals surface area contributed by atoms with Gasteiger partial charge in [0.25, 0.3) is 5.56 Å². The number of ether oxygens (including phenoxy) is 1. The van der Waals surface area contributed by atoms with E-state index in [0.29, 0.717) is 28.5 Å². The van der Waals surface area contributed by atoms with Crippen LogP contribution in [0, 0.1) is 19.8 Å². The summed E-state index contributed by atoms with van der Waals surface area (Å²) in [5.74, 6) is 1.19. The predicted octanol–water partition coefficient (Wildman–Crippen LogP) is 5.38. The molecule has 0 aliphatic carbocycles. The van der Waals surface area contributed by atoms with Crippen LogP contribution in [0.1, 0.15) is 44.6 Å². The zero-order valence-electron chi connectivity index (χ0n) is 21.6. The van der Waals surface area contributed by atoms with Crippen LogP contribution in [0.2, 0.25) is 0 Å². The quantitative estimate of drug-likeness (QED) is 0.464. The molecule has 7 nitrogen and oxygen atoms in total. The molecule has 0 saturated carbocycles. The van der Waals surface area contributed by atoms with Crippen molar-refractivity contribution >= 4 is 22.8 Å². The molecule has 2 aromatic carbocycles. The van der Waals surface area contributed by atoms with Gasteiger partial charge < -0.3 is 9.64 Å². The minimum Gasteiger partial charge on any atom is -0.496 e. The average molecular weight is 472 g/mol. The summed E-state index contributed by atoms with van der Waals surface area (Å²) < 4.78 is 6.94. The Hall–Kier alpha value is -3.74. The summed E-state index contributed by atoms with van der Waals surface area (Å²) in [6.45, 7) is 14.1. The van der Waals surface area contributed by atoms with E-state index in [1.165, 1.54) is 10.4 Å². The van der Waals surface area contributed by atoms with Crippen LogP contribution in [0.15, 0.2) is 57.4 Å². The van der Waals surface area contributed by atoms with Crippen LogP contribution >= 0.6 is 0 Å². The topological polar surface area (TPSA) is 72.1 Å². The third-order valence-corrected chi connectivity index (χ3v) is 6.40. The van der Waals surface area contributed by atoms with Crippen molar-refractivity contribution in [2.75, 3.05) is 25.1 Å². The number of aromatic nitrogens is 2. The molecule has 0 N–H and O–H groups in total. The molecule has 0 radical (unpaired) electrons. The number of para-hydroxylation sites is 1. The second-order valence-electron chi connectivity index (χ2n) is 8.97. The maximum atomic E-state index is 13.4. The lowest BCUT2D eigenvalue weighted by Crippen LogP contribution is -2.25. The van der Waals surface area contributed by atoms with Gasteiger partial charge in [-0.25, -0.2) is 9.98 Å². The van der Waals surface area contributed by atoms with Gasteiger partial charge in [0.15, 0.2) is 5.82 Å². The van der Waals surface area contributed by atoms with Gasteiger partial charge in [0.05, 0.1) is 24.2 Å². The number of rotatable bonds is 7. The standard InChI is InChI=1S/C28H33N5O2/c1-8-32(9-2)20-14-15-22(18(5)16-20)29-26-24(17(3)4)31-33-27(26)30-25(19(6)28(33)34)21-12-10-11-13-23(21)35-7/h10-17H,8-9H2,1-7H3. The van der Waals surface area contributed by atoms with Crippen molar-refractivity contribution in [3.8, 4) is 17.0 Å². The Morgan fingerprint density at radius 3 is 2.43 bits per heavy atom. The van der Waals surface area contributed by atoms with Gasteiger partial charge in [0, 0.05) is 29.9 Å². The number of anilines is 1. The molecule has 1 aliphatic heterocycles. The van der Waals surface area contributed by atoms with Crippen LogP contribution in [0.3, 0.4) is 0 Å². The minimum absolute atomic E-state index is 0.0696. The molecule has 4 rings (SSSR count). The van der Waals surface area contributed by atoms with E-state index in [-0.39, 0.29) is 11.5 Å². The van der Waals surface area contributed by atoms with E-state index in [0.717, 1.165) is 35.6 Å². The highest BCUT2D eigenvalue weighted by molar-refractivity contribution is 6.49. The predicted molar refractivity (Wildman–Crippen MR) is 144 cm³/mol. The summed E-state index contributed by atoms with van der Waals surface area (Å²) in [7, 11) is 1.62. The van der Waals surface area contributed by atoms with Gasteiger partial charge in [-0.2, -0.15) is 9.78 Å². The first kappa shape index (κ1) is 24.4. The van der Waals surface area contributed by atoms with Crippen molar-refractivity contribution in [3.63, 3.8) is 0 Å². The van der Waals surface area contributed by atoms with E-state index in [1.807, 2.05) is 30.3 Å². The summed E-state index contributed by atoms with van der Waals surface area (Å²) in [5.41, 5.74) is 6.12. The number of aliphatic imine (C=N–C) groups is 1. The Bertz CT molecular complexity index is 1380. The molecule has 3 aromatic rings. The number of hydrogen-bond donors (Lipinski definition) is 0. The lowest BCUT2D eigenvalue weighted by Gasteiger charge is -2.21. The fourth-order valence-corrected chi connectivity index (χ4v) is 4.38. The summed E-state index contributed by atoms with van der Waals surface area (Å²) in [5, 5.41) is 4.66. The first-order chi connectivity index (χ1) is 16.8. The lowest BCUT2D eigenvalue weighted by molar-refractivity contribution is 0.416. The zero-order chi connectivity index (χ0) is 25.3. The van der Waals surface area contributed by atoms with Crippen molar-refractivity contribution in [1.82, 2.24) is 9.66 Å². The van der Waals surface area contributed by atoms with Crippen molar-refractivity contribution in [2.45, 2.75) is 41.5 Å². The molecule has 0 unspecified atom stereocenters. The molecule has 35 heavy (non-hydrogen) atoms. The molecule has 0 fully saturated rings. The van der Waals surface area contributed by atoms with Gasteiger partial charge in [-0.3, -0.25) is 4.79 Å². The zero-order valence-corrected chi connectivity index (χ0v) is 21.6. The molecule has 0 atom stereocenters. The fourth-order valence-electron chi connectivity index (χ4n) is 4.38. The van der Waals surface area contributed by atoms with Crippen LogP contribution < -0.4 is 15.2 Å². The van der Waals surface area contributed by atoms with E-state index in [4.69, 9.17) is 14.7 Å². The number of methoxy groups -OCH3 is 1. The Morgan fingerprint density at radius 1 is 1.09 bits per heavy atom. The van der Waals surface area contributed by atoms with E-state index >= 15 is 0 Å². The second kappa shape index (κ2) is 9.86. The first-order valence-corrected chi connectivity index (χ1v) is 12.1. The van der Waals surface area contributed by atoms with E-state index in [9.17, 15) is 4.79 Å². The molecule has 7 heteroatoms. The molecule has 2 heterocycles. The molecular weight excluding hydrogens is 438 g/mol. The van der Waals surface area contributed by atoms with Crippen LogP contribution in [0.5, 0.6) is 5.75 Å². The minimum atomic E-state index is -0.201. The summed E-state index contributed by atoms with van der Waals surface area (Å²) in [4.78, 5) is 25.6. The SMILES string of the molecule is CCN(CC)c1ccc(N=C2C(C(C)C)=Nn3c2nc(-c2ccccc2OC)c(C)c3=O)c(C)c1. The number of benzene rings is 2. The Morgan fingerprint density at radius 2 is 1.80 bits per heavy atom. The smallest absolute Gasteiger partial charge is 0.278 e. The van der Waals surface area contributed by atoms with Gasteiger partial charge in [-0.15, -0.1) is 0 Å². The molecule has 0 spiro atoms. The number of nitrogens with zero attached hydrogens (tertiary/aromatic N) is 5. The number of aryl methyl sites for hydroxylation is 1. The lowest BCUT2D eigenvalue weighted by atomic mass is 10.0. The van der Waals surface area contributed by atoms with Crippen molar-refractivity contribution < 1.29 is 4.74 Å². The average Bonchev–Trinajstić information content (AvgIpc) is 3.22. The van der Waals surface area contributed by atoms with Crippen LogP contribution in [-0.4, -0.2) is 41.3 Å². The highest BCUT2D eigenvalue weighted by Gasteiger charge is 2.30. The van der Waals surface area contributed by atoms with Gasteiger partial charge in [0.2, 0.25) is 0 Å². The van der Waals surface area contributed by atoms with Crippen molar-refractivity contribution in [3.05, 3.63) is 69.8 Å². The van der Waals surface area contributed by atoms with Crippen LogP contribution in [-0.2, 0) is 0 Å². The summed E-state index contributed by atoms with van der Waals surface area (Å²) >= 11 is 0. The van der Waals surface area contributed by atoms with E-state index in [2.05, 4.69) is 56.8 Å². The van der Waals surface area contributed by atoms with Crippen molar-refractivity contribution in [1.29, 1.82) is 0 Å². The molecule has 0 saturated heterocycles. The summed E-state index contributed by atoms with van der Waals surface area (Å²) in [6.07, 6.45) is 0. The van der Waals surface area contributed by atoms with Crippen LogP contribution in [0.25, 0.3) is 11.3 Å². The van der Waals surface area contributed by atoms with Crippen LogP contribution in [0.4, 0.5) is 11.4 Å². The third-order valence-electron chi connectivity index (χ3n) is 6.40. The van der Waals surface area contributed by atoms with E-state index in [1.54, 1.807) is 14.0 Å². The first-order valence-electron chi connectivity index (χ1n) is 12.1. The normalized spacial score (nSPS) is 13.8. The molecule has 182 valence electrons. The van der Waals surface area contributed by atoms with Gasteiger partial charge in [-0.1, -0.05) is 26.0 Å². The maximum absolute atomic E-state index is 13.4. The summed E-state index contributed by atoms with van der Waals surface area (Å²) in [6, 6.07) is 13.9. The van der Waals surface area contributed by atoms with Crippen molar-refractivity contribution in [2.24, 2.45) is 16.0 Å². The van der Waals surface area contributed by atoms with Gasteiger partial charge in [0.1, 0.15) is 11.5 Å². The highest BCUT2D eigenvalue weighted by atomic mass is 16.5. The Labute approximate surface area is 206 Å². The fraction of sp³-hybridized carbons (Fsp3) is 0.357. The molecule has 0 bridgehead atoms. The number of fused-ring (bicyclic) bond motifs is 1. The van der Waals surface area contributed by atoms with Gasteiger partial charge in [-0.05, 0) is 69.5 Å². The Kier molecular flexibility index (Phi) is 6.87. The maximum Gasteiger partial charge on any atom is 0.278 e. The van der Waals surface area contributed by atoms with Gasteiger partial charge >= 0.3 is 0 Å². The third kappa shape index (κ3) is 4.38. The van der Waals surface area contributed by atoms with E-state index < -0.39 is 0 Å². The Balaban J connectivity index is 1.91. The second-order valence-corrected chi connectivity index (χ2v) is 8.97. The highest BCUT2D eigenvalue weighted by Crippen LogP contribution is 2.31.